The molecular weight excluding hydrogens is 192 g/mol. The van der Waals surface area contributed by atoms with Crippen LogP contribution < -0.4 is 0 Å². The third kappa shape index (κ3) is 0.728. The summed E-state index contributed by atoms with van der Waals surface area (Å²) in [7, 11) is 0. The number of hydrogen-bond acceptors (Lipinski definition) is 0. The van der Waals surface area contributed by atoms with E-state index in [4.69, 9.17) is 0 Å². The van der Waals surface area contributed by atoms with E-state index >= 15 is 0 Å². The SMILES string of the molecule is CC1CC2CC1C1C2C2C3C(C)CCC3C12. The highest BCUT2D eigenvalue weighted by Crippen LogP contribution is 2.79. The van der Waals surface area contributed by atoms with Crippen LogP contribution in [0.25, 0.3) is 0 Å². The van der Waals surface area contributed by atoms with E-state index in [-0.39, 0.29) is 0 Å². The Hall–Kier alpha value is 0. The molecular formula is C16H24. The average molecular weight is 216 g/mol. The maximum atomic E-state index is 2.55. The molecule has 0 spiro atoms. The summed E-state index contributed by atoms with van der Waals surface area (Å²) >= 11 is 0. The molecule has 0 aromatic heterocycles. The molecule has 10 atom stereocenters. The second kappa shape index (κ2) is 2.54. The minimum Gasteiger partial charge on any atom is -0.0622 e. The lowest BCUT2D eigenvalue weighted by Crippen LogP contribution is -2.66. The van der Waals surface area contributed by atoms with Crippen LogP contribution in [0.2, 0.25) is 0 Å². The van der Waals surface area contributed by atoms with Crippen LogP contribution in [0.15, 0.2) is 0 Å². The molecule has 0 nitrogen and oxygen atoms in total. The van der Waals surface area contributed by atoms with Gasteiger partial charge in [0.1, 0.15) is 0 Å². The number of hydrogen-bond donors (Lipinski definition) is 0. The first kappa shape index (κ1) is 9.00. The third-order valence-corrected chi connectivity index (χ3v) is 7.84. The van der Waals surface area contributed by atoms with E-state index in [0.717, 1.165) is 11.8 Å². The molecule has 0 heterocycles. The summed E-state index contributed by atoms with van der Waals surface area (Å²) in [5.41, 5.74) is 0. The molecule has 0 amide bonds. The van der Waals surface area contributed by atoms with Gasteiger partial charge >= 0.3 is 0 Å². The van der Waals surface area contributed by atoms with Crippen molar-refractivity contribution in [1.29, 1.82) is 0 Å². The van der Waals surface area contributed by atoms with E-state index in [2.05, 4.69) is 13.8 Å². The zero-order valence-electron chi connectivity index (χ0n) is 10.6. The fraction of sp³-hybridized carbons (Fsp3) is 1.00. The molecule has 2 bridgehead atoms. The van der Waals surface area contributed by atoms with Crippen LogP contribution in [0, 0.1) is 59.2 Å². The summed E-state index contributed by atoms with van der Waals surface area (Å²) in [6, 6.07) is 0. The Balaban J connectivity index is 1.49. The van der Waals surface area contributed by atoms with Crippen LogP contribution in [0.3, 0.4) is 0 Å². The molecule has 5 fully saturated rings. The predicted octanol–water partition coefficient (Wildman–Crippen LogP) is 3.82. The molecule has 5 saturated carbocycles. The molecule has 16 heavy (non-hydrogen) atoms. The monoisotopic (exact) mass is 216 g/mol. The largest absolute Gasteiger partial charge is 0.0622 e. The summed E-state index contributed by atoms with van der Waals surface area (Å²) in [5, 5.41) is 0. The first-order chi connectivity index (χ1) is 7.77. The maximum absolute atomic E-state index is 2.55. The smallest absolute Gasteiger partial charge is 0.0313 e. The van der Waals surface area contributed by atoms with Crippen LogP contribution in [-0.2, 0) is 0 Å². The van der Waals surface area contributed by atoms with Crippen LogP contribution in [0.4, 0.5) is 0 Å². The molecule has 5 aliphatic carbocycles. The molecule has 0 saturated heterocycles. The van der Waals surface area contributed by atoms with Gasteiger partial charge in [-0.3, -0.25) is 0 Å². The van der Waals surface area contributed by atoms with Crippen LogP contribution in [0.5, 0.6) is 0 Å². The van der Waals surface area contributed by atoms with Crippen molar-refractivity contribution in [2.24, 2.45) is 59.2 Å². The van der Waals surface area contributed by atoms with E-state index in [1.54, 1.807) is 25.7 Å². The normalized spacial score (nSPS) is 73.9. The highest BCUT2D eigenvalue weighted by atomic mass is 14.8. The van der Waals surface area contributed by atoms with Gasteiger partial charge in [0.05, 0.1) is 0 Å². The fourth-order valence-electron chi connectivity index (χ4n) is 7.58. The van der Waals surface area contributed by atoms with Gasteiger partial charge in [-0.25, -0.2) is 0 Å². The van der Waals surface area contributed by atoms with Crippen molar-refractivity contribution < 1.29 is 0 Å². The zero-order valence-corrected chi connectivity index (χ0v) is 10.6. The van der Waals surface area contributed by atoms with Gasteiger partial charge in [-0.2, -0.15) is 0 Å². The lowest BCUT2D eigenvalue weighted by molar-refractivity contribution is -0.225. The van der Waals surface area contributed by atoms with Crippen molar-refractivity contribution in [2.75, 3.05) is 0 Å². The Labute approximate surface area is 99.2 Å². The van der Waals surface area contributed by atoms with E-state index in [1.165, 1.54) is 47.3 Å². The third-order valence-electron chi connectivity index (χ3n) is 7.84. The molecule has 5 aliphatic rings. The second-order valence-corrected chi connectivity index (χ2v) is 7.98. The Morgan fingerprint density at radius 1 is 0.625 bits per heavy atom. The highest BCUT2D eigenvalue weighted by molar-refractivity contribution is 5.22. The summed E-state index contributed by atoms with van der Waals surface area (Å²) < 4.78 is 0. The van der Waals surface area contributed by atoms with Crippen molar-refractivity contribution in [3.05, 3.63) is 0 Å². The minimum atomic E-state index is 1.09. The molecule has 0 aromatic carbocycles. The Bertz CT molecular complexity index is 346. The van der Waals surface area contributed by atoms with Crippen molar-refractivity contribution in [3.8, 4) is 0 Å². The van der Waals surface area contributed by atoms with Gasteiger partial charge in [0.2, 0.25) is 0 Å². The van der Waals surface area contributed by atoms with Gasteiger partial charge in [-0.15, -0.1) is 0 Å². The van der Waals surface area contributed by atoms with Crippen molar-refractivity contribution in [3.63, 3.8) is 0 Å². The lowest BCUT2D eigenvalue weighted by Gasteiger charge is -2.69. The van der Waals surface area contributed by atoms with E-state index in [1.807, 2.05) is 0 Å². The van der Waals surface area contributed by atoms with E-state index in [0.29, 0.717) is 0 Å². The molecule has 0 heteroatoms. The van der Waals surface area contributed by atoms with Crippen LogP contribution in [0.1, 0.15) is 39.5 Å². The number of rotatable bonds is 0. The highest BCUT2D eigenvalue weighted by Gasteiger charge is 2.74. The molecule has 5 rings (SSSR count). The Kier molecular flexibility index (Phi) is 1.43. The standard InChI is InChI=1S/C16H24/c1-7-3-4-10-12(7)16-13-9-5-8(2)11(6-9)15(13)14(10)16/h7-16H,3-6H2,1-2H3. The molecule has 0 radical (unpaired) electrons. The van der Waals surface area contributed by atoms with Crippen LogP contribution in [-0.4, -0.2) is 0 Å². The van der Waals surface area contributed by atoms with Crippen LogP contribution >= 0.6 is 0 Å². The lowest BCUT2D eigenvalue weighted by atomic mass is 9.35. The minimum absolute atomic E-state index is 1.09. The first-order valence-electron chi connectivity index (χ1n) is 7.77. The number of fused-ring (bicyclic) bond motifs is 11. The van der Waals surface area contributed by atoms with Crippen molar-refractivity contribution >= 4 is 0 Å². The summed E-state index contributed by atoms with van der Waals surface area (Å²) in [6.07, 6.45) is 6.40. The average Bonchev–Trinajstić information content (AvgIpc) is 2.79. The molecule has 0 N–H and O–H groups in total. The fourth-order valence-corrected chi connectivity index (χ4v) is 7.58. The van der Waals surface area contributed by atoms with E-state index in [9.17, 15) is 0 Å². The molecule has 88 valence electrons. The zero-order chi connectivity index (χ0) is 10.6. The van der Waals surface area contributed by atoms with Gasteiger partial charge < -0.3 is 0 Å². The summed E-state index contributed by atoms with van der Waals surface area (Å²) in [5.74, 6) is 11.8. The second-order valence-electron chi connectivity index (χ2n) is 7.98. The molecule has 0 aromatic rings. The topological polar surface area (TPSA) is 0 Å². The molecule has 10 unspecified atom stereocenters. The van der Waals surface area contributed by atoms with Gasteiger partial charge in [-0.1, -0.05) is 20.3 Å². The molecule has 0 aliphatic heterocycles. The summed E-state index contributed by atoms with van der Waals surface area (Å²) in [4.78, 5) is 0. The van der Waals surface area contributed by atoms with Gasteiger partial charge in [0.25, 0.3) is 0 Å². The summed E-state index contributed by atoms with van der Waals surface area (Å²) in [6.45, 7) is 5.09. The maximum Gasteiger partial charge on any atom is -0.0313 e. The Morgan fingerprint density at radius 2 is 1.44 bits per heavy atom. The van der Waals surface area contributed by atoms with Gasteiger partial charge in [0, 0.05) is 0 Å². The first-order valence-corrected chi connectivity index (χ1v) is 7.77. The predicted molar refractivity (Wildman–Crippen MR) is 64.7 cm³/mol. The van der Waals surface area contributed by atoms with Gasteiger partial charge in [0.15, 0.2) is 0 Å². The quantitative estimate of drug-likeness (QED) is 0.577. The van der Waals surface area contributed by atoms with E-state index < -0.39 is 0 Å². The van der Waals surface area contributed by atoms with Crippen molar-refractivity contribution in [1.82, 2.24) is 0 Å². The van der Waals surface area contributed by atoms with Crippen molar-refractivity contribution in [2.45, 2.75) is 39.5 Å². The Morgan fingerprint density at radius 3 is 2.31 bits per heavy atom. The van der Waals surface area contributed by atoms with Gasteiger partial charge in [-0.05, 0) is 78.4 Å².